The van der Waals surface area contributed by atoms with Crippen LogP contribution in [0.1, 0.15) is 5.56 Å². The van der Waals surface area contributed by atoms with Crippen LogP contribution in [0, 0.1) is 0 Å². The first-order chi connectivity index (χ1) is 7.86. The van der Waals surface area contributed by atoms with Crippen molar-refractivity contribution in [2.75, 3.05) is 7.11 Å². The van der Waals surface area contributed by atoms with Crippen LogP contribution in [-0.2, 0) is 5.88 Å². The van der Waals surface area contributed by atoms with E-state index >= 15 is 0 Å². The Kier molecular flexibility index (Phi) is 3.37. The van der Waals surface area contributed by atoms with Gasteiger partial charge in [-0.25, -0.2) is 4.98 Å². The Morgan fingerprint density at radius 1 is 1.31 bits per heavy atom. The molecule has 2 heterocycles. The molecule has 0 atom stereocenters. The fraction of sp³-hybridized carbons (Fsp3) is 0.167. The van der Waals surface area contributed by atoms with Crippen LogP contribution in [0.25, 0.3) is 11.1 Å². The molecule has 3 nitrogen and oxygen atoms in total. The number of pyridine rings is 2. The van der Waals surface area contributed by atoms with E-state index in [1.54, 1.807) is 25.7 Å². The van der Waals surface area contributed by atoms with E-state index in [1.807, 2.05) is 18.2 Å². The van der Waals surface area contributed by atoms with Crippen LogP contribution in [-0.4, -0.2) is 17.1 Å². The highest BCUT2D eigenvalue weighted by molar-refractivity contribution is 6.17. The Labute approximate surface area is 99.1 Å². The van der Waals surface area contributed by atoms with Crippen LogP contribution in [0.4, 0.5) is 0 Å². The normalized spacial score (nSPS) is 10.1. The molecule has 2 aromatic rings. The standard InChI is InChI=1S/C12H11ClN2O/c1-16-12-11(9(7-13)4-6-15-12)10-3-2-5-14-8-10/h2-6,8H,7H2,1H3. The van der Waals surface area contributed by atoms with Gasteiger partial charge >= 0.3 is 0 Å². The Bertz CT molecular complexity index is 451. The van der Waals surface area contributed by atoms with E-state index in [0.29, 0.717) is 11.8 Å². The van der Waals surface area contributed by atoms with Crippen molar-refractivity contribution >= 4 is 11.6 Å². The summed E-state index contributed by atoms with van der Waals surface area (Å²) in [5, 5.41) is 0. The molecule has 0 aliphatic rings. The van der Waals surface area contributed by atoms with Crippen molar-refractivity contribution in [2.45, 2.75) is 5.88 Å². The molecule has 4 heteroatoms. The molecule has 0 aliphatic carbocycles. The number of methoxy groups -OCH3 is 1. The van der Waals surface area contributed by atoms with Gasteiger partial charge in [0.1, 0.15) is 0 Å². The van der Waals surface area contributed by atoms with E-state index in [0.717, 1.165) is 16.7 Å². The molecule has 2 rings (SSSR count). The molecule has 0 radical (unpaired) electrons. The quantitative estimate of drug-likeness (QED) is 0.766. The molecule has 2 aromatic heterocycles. The zero-order valence-corrected chi connectivity index (χ0v) is 9.61. The molecular weight excluding hydrogens is 224 g/mol. The second-order valence-corrected chi connectivity index (χ2v) is 3.50. The number of nitrogens with zero attached hydrogens (tertiary/aromatic N) is 2. The van der Waals surface area contributed by atoms with Gasteiger partial charge in [0.25, 0.3) is 0 Å². The molecule has 0 saturated carbocycles. The summed E-state index contributed by atoms with van der Waals surface area (Å²) in [4.78, 5) is 8.26. The smallest absolute Gasteiger partial charge is 0.221 e. The zero-order valence-electron chi connectivity index (χ0n) is 8.85. The lowest BCUT2D eigenvalue weighted by atomic mass is 10.0. The number of rotatable bonds is 3. The average Bonchev–Trinajstić information content (AvgIpc) is 2.38. The fourth-order valence-electron chi connectivity index (χ4n) is 1.57. The largest absolute Gasteiger partial charge is 0.481 e. The fourth-order valence-corrected chi connectivity index (χ4v) is 1.79. The van der Waals surface area contributed by atoms with Crippen LogP contribution in [0.15, 0.2) is 36.8 Å². The minimum atomic E-state index is 0.420. The van der Waals surface area contributed by atoms with Gasteiger partial charge in [-0.3, -0.25) is 4.98 Å². The number of hydrogen-bond donors (Lipinski definition) is 0. The van der Waals surface area contributed by atoms with E-state index in [4.69, 9.17) is 16.3 Å². The minimum Gasteiger partial charge on any atom is -0.481 e. The highest BCUT2D eigenvalue weighted by Gasteiger charge is 2.11. The first-order valence-electron chi connectivity index (χ1n) is 4.85. The monoisotopic (exact) mass is 234 g/mol. The van der Waals surface area contributed by atoms with E-state index in [-0.39, 0.29) is 0 Å². The zero-order chi connectivity index (χ0) is 11.4. The third-order valence-electron chi connectivity index (χ3n) is 2.29. The highest BCUT2D eigenvalue weighted by atomic mass is 35.5. The number of aromatic nitrogens is 2. The maximum Gasteiger partial charge on any atom is 0.221 e. The van der Waals surface area contributed by atoms with Crippen LogP contribution in [0.2, 0.25) is 0 Å². The second-order valence-electron chi connectivity index (χ2n) is 3.23. The predicted octanol–water partition coefficient (Wildman–Crippen LogP) is 2.89. The molecular formula is C12H11ClN2O. The molecule has 0 unspecified atom stereocenters. The lowest BCUT2D eigenvalue weighted by Gasteiger charge is -2.10. The molecule has 0 N–H and O–H groups in total. The van der Waals surface area contributed by atoms with Gasteiger partial charge in [0.2, 0.25) is 5.88 Å². The number of ether oxygens (including phenoxy) is 1. The molecule has 0 aromatic carbocycles. The van der Waals surface area contributed by atoms with Crippen molar-refractivity contribution < 1.29 is 4.74 Å². The summed E-state index contributed by atoms with van der Waals surface area (Å²) < 4.78 is 5.24. The maximum absolute atomic E-state index is 5.91. The van der Waals surface area contributed by atoms with E-state index in [9.17, 15) is 0 Å². The van der Waals surface area contributed by atoms with Crippen LogP contribution < -0.4 is 4.74 Å². The summed E-state index contributed by atoms with van der Waals surface area (Å²) >= 11 is 5.91. The Hall–Kier alpha value is -1.61. The summed E-state index contributed by atoms with van der Waals surface area (Å²) in [5.41, 5.74) is 2.86. The molecule has 0 saturated heterocycles. The van der Waals surface area contributed by atoms with Gasteiger partial charge in [-0.2, -0.15) is 0 Å². The summed E-state index contributed by atoms with van der Waals surface area (Å²) in [5.74, 6) is 0.995. The molecule has 0 amide bonds. The van der Waals surface area contributed by atoms with E-state index in [1.165, 1.54) is 0 Å². The highest BCUT2D eigenvalue weighted by Crippen LogP contribution is 2.31. The molecule has 0 fully saturated rings. The third-order valence-corrected chi connectivity index (χ3v) is 2.58. The summed E-state index contributed by atoms with van der Waals surface area (Å²) in [6, 6.07) is 5.72. The van der Waals surface area contributed by atoms with Crippen LogP contribution >= 0.6 is 11.6 Å². The summed E-state index contributed by atoms with van der Waals surface area (Å²) in [6.45, 7) is 0. The predicted molar refractivity (Wildman–Crippen MR) is 63.6 cm³/mol. The van der Waals surface area contributed by atoms with Gasteiger partial charge in [-0.15, -0.1) is 11.6 Å². The van der Waals surface area contributed by atoms with Crippen molar-refractivity contribution in [3.63, 3.8) is 0 Å². The number of alkyl halides is 1. The first-order valence-corrected chi connectivity index (χ1v) is 5.38. The third kappa shape index (κ3) is 1.99. The van der Waals surface area contributed by atoms with Gasteiger partial charge < -0.3 is 4.74 Å². The summed E-state index contributed by atoms with van der Waals surface area (Å²) in [6.07, 6.45) is 5.19. The Morgan fingerprint density at radius 3 is 2.81 bits per heavy atom. The van der Waals surface area contributed by atoms with Gasteiger partial charge in [0.05, 0.1) is 7.11 Å². The van der Waals surface area contributed by atoms with Crippen LogP contribution in [0.3, 0.4) is 0 Å². The first kappa shape index (κ1) is 10.9. The van der Waals surface area contributed by atoms with Gasteiger partial charge in [-0.1, -0.05) is 6.07 Å². The molecule has 0 spiro atoms. The summed E-state index contributed by atoms with van der Waals surface area (Å²) in [7, 11) is 1.60. The van der Waals surface area contributed by atoms with E-state index in [2.05, 4.69) is 9.97 Å². The number of halogens is 1. The second kappa shape index (κ2) is 4.94. The lowest BCUT2D eigenvalue weighted by molar-refractivity contribution is 0.399. The Morgan fingerprint density at radius 2 is 2.19 bits per heavy atom. The van der Waals surface area contributed by atoms with Crippen molar-refractivity contribution in [1.82, 2.24) is 9.97 Å². The Balaban J connectivity index is 2.62. The average molecular weight is 235 g/mol. The topological polar surface area (TPSA) is 35.0 Å². The number of hydrogen-bond acceptors (Lipinski definition) is 3. The molecule has 0 aliphatic heterocycles. The van der Waals surface area contributed by atoms with Crippen molar-refractivity contribution in [1.29, 1.82) is 0 Å². The van der Waals surface area contributed by atoms with Gasteiger partial charge in [-0.05, 0) is 17.7 Å². The lowest BCUT2D eigenvalue weighted by Crippen LogP contribution is -1.95. The van der Waals surface area contributed by atoms with Crippen molar-refractivity contribution in [2.24, 2.45) is 0 Å². The van der Waals surface area contributed by atoms with E-state index < -0.39 is 0 Å². The van der Waals surface area contributed by atoms with Crippen molar-refractivity contribution in [3.05, 3.63) is 42.4 Å². The minimum absolute atomic E-state index is 0.420. The van der Waals surface area contributed by atoms with Crippen LogP contribution in [0.5, 0.6) is 5.88 Å². The molecule has 16 heavy (non-hydrogen) atoms. The SMILES string of the molecule is COc1nccc(CCl)c1-c1cccnc1. The molecule has 0 bridgehead atoms. The van der Waals surface area contributed by atoms with Crippen molar-refractivity contribution in [3.8, 4) is 17.0 Å². The maximum atomic E-state index is 5.91. The molecule has 82 valence electrons. The van der Waals surface area contributed by atoms with Gasteiger partial charge in [0, 0.05) is 35.6 Å². The van der Waals surface area contributed by atoms with Gasteiger partial charge in [0.15, 0.2) is 0 Å².